The van der Waals surface area contributed by atoms with E-state index in [9.17, 15) is 14.4 Å². The number of rotatable bonds is 4. The summed E-state index contributed by atoms with van der Waals surface area (Å²) in [6, 6.07) is 5.94. The monoisotopic (exact) mass is 336 g/mol. The third-order valence-electron chi connectivity index (χ3n) is 2.87. The first-order valence-corrected chi connectivity index (χ1v) is 7.67. The van der Waals surface area contributed by atoms with Gasteiger partial charge in [-0.3, -0.25) is 10.2 Å². The largest absolute Gasteiger partial charge is 0.465 e. The first kappa shape index (κ1) is 19.5. The molecule has 0 radical (unpaired) electrons. The molecule has 0 aliphatic heterocycles. The Bertz CT molecular complexity index is 590. The van der Waals surface area contributed by atoms with Gasteiger partial charge in [-0.25, -0.2) is 14.6 Å². The number of hydrogen-bond acceptors (Lipinski definition) is 5. The van der Waals surface area contributed by atoms with Crippen molar-refractivity contribution in [1.82, 2.24) is 10.4 Å². The van der Waals surface area contributed by atoms with Gasteiger partial charge in [0.15, 0.2) is 0 Å². The first-order valence-electron chi connectivity index (χ1n) is 7.67. The Hall–Kier alpha value is -2.57. The zero-order valence-electron chi connectivity index (χ0n) is 14.7. The molecule has 0 aliphatic rings. The molecule has 1 N–H and O–H groups in total. The average molecular weight is 336 g/mol. The molecule has 132 valence electrons. The Morgan fingerprint density at radius 2 is 1.62 bits per heavy atom. The lowest BCUT2D eigenvalue weighted by Gasteiger charge is -2.27. The quantitative estimate of drug-likeness (QED) is 0.675. The van der Waals surface area contributed by atoms with E-state index < -0.39 is 23.6 Å². The number of hydrogen-bond donors (Lipinski definition) is 1. The minimum atomic E-state index is -0.657. The zero-order valence-corrected chi connectivity index (χ0v) is 14.7. The van der Waals surface area contributed by atoms with Crippen LogP contribution in [0.4, 0.5) is 4.79 Å². The van der Waals surface area contributed by atoms with Gasteiger partial charge in [-0.1, -0.05) is 6.92 Å². The molecule has 0 spiro atoms. The van der Waals surface area contributed by atoms with Gasteiger partial charge in [-0.05, 0) is 51.5 Å². The van der Waals surface area contributed by atoms with Crippen molar-refractivity contribution in [2.75, 3.05) is 13.7 Å². The summed E-state index contributed by atoms with van der Waals surface area (Å²) in [7, 11) is 1.28. The molecule has 0 heterocycles. The van der Waals surface area contributed by atoms with Gasteiger partial charge < -0.3 is 9.47 Å². The van der Waals surface area contributed by atoms with Crippen LogP contribution in [0.3, 0.4) is 0 Å². The van der Waals surface area contributed by atoms with E-state index in [2.05, 4.69) is 10.2 Å². The van der Waals surface area contributed by atoms with Gasteiger partial charge >= 0.3 is 12.1 Å². The number of benzene rings is 1. The number of carbonyl (C=O) groups excluding carboxylic acids is 3. The number of hydrazine groups is 1. The number of nitrogens with one attached hydrogen (secondary N) is 1. The van der Waals surface area contributed by atoms with E-state index in [1.807, 2.05) is 6.92 Å². The van der Waals surface area contributed by atoms with Crippen molar-refractivity contribution in [1.29, 1.82) is 0 Å². The van der Waals surface area contributed by atoms with Crippen LogP contribution < -0.4 is 5.43 Å². The van der Waals surface area contributed by atoms with Crippen LogP contribution in [0.2, 0.25) is 0 Å². The Kier molecular flexibility index (Phi) is 6.76. The molecule has 0 bridgehead atoms. The molecule has 0 fully saturated rings. The first-order chi connectivity index (χ1) is 11.2. The summed E-state index contributed by atoms with van der Waals surface area (Å²) in [5, 5.41) is 1.14. The van der Waals surface area contributed by atoms with Crippen LogP contribution in [0.1, 0.15) is 54.8 Å². The Morgan fingerprint density at radius 1 is 1.08 bits per heavy atom. The number of methoxy groups -OCH3 is 1. The number of ether oxygens (including phenoxy) is 2. The second-order valence-corrected chi connectivity index (χ2v) is 6.14. The summed E-state index contributed by atoms with van der Waals surface area (Å²) >= 11 is 0. The molecular formula is C17H24N2O5. The molecular weight excluding hydrogens is 312 g/mol. The van der Waals surface area contributed by atoms with Crippen LogP contribution in [0, 0.1) is 0 Å². The van der Waals surface area contributed by atoms with Crippen molar-refractivity contribution in [3.05, 3.63) is 35.4 Å². The van der Waals surface area contributed by atoms with Crippen molar-refractivity contribution in [2.24, 2.45) is 0 Å². The maximum atomic E-state index is 12.3. The molecule has 0 saturated heterocycles. The molecule has 0 aromatic heterocycles. The Labute approximate surface area is 141 Å². The van der Waals surface area contributed by atoms with Gasteiger partial charge in [0.25, 0.3) is 5.91 Å². The predicted molar refractivity (Wildman–Crippen MR) is 88.5 cm³/mol. The molecule has 0 saturated carbocycles. The molecule has 0 unspecified atom stereocenters. The highest BCUT2D eigenvalue weighted by Crippen LogP contribution is 2.10. The lowest BCUT2D eigenvalue weighted by molar-refractivity contribution is 0.0133. The fraction of sp³-hybridized carbons (Fsp3) is 0.471. The van der Waals surface area contributed by atoms with Crippen molar-refractivity contribution in [2.45, 2.75) is 39.7 Å². The van der Waals surface area contributed by atoms with E-state index in [1.165, 1.54) is 31.4 Å². The third kappa shape index (κ3) is 5.91. The van der Waals surface area contributed by atoms with E-state index in [1.54, 1.807) is 20.8 Å². The Balaban J connectivity index is 2.81. The van der Waals surface area contributed by atoms with Gasteiger partial charge in [0.2, 0.25) is 0 Å². The normalized spacial score (nSPS) is 10.7. The summed E-state index contributed by atoms with van der Waals surface area (Å²) in [5.41, 5.74) is 2.52. The molecule has 7 nitrogen and oxygen atoms in total. The maximum Gasteiger partial charge on any atom is 0.429 e. The number of carbonyl (C=O) groups is 3. The van der Waals surface area contributed by atoms with Gasteiger partial charge in [0.05, 0.1) is 12.7 Å². The molecule has 0 atom stereocenters. The highest BCUT2D eigenvalue weighted by atomic mass is 16.6. The second-order valence-electron chi connectivity index (χ2n) is 6.14. The van der Waals surface area contributed by atoms with Crippen LogP contribution in [0.5, 0.6) is 0 Å². The lowest BCUT2D eigenvalue weighted by atomic mass is 10.1. The minimum Gasteiger partial charge on any atom is -0.465 e. The summed E-state index contributed by atoms with van der Waals surface area (Å²) in [4.78, 5) is 35.8. The van der Waals surface area contributed by atoms with Crippen LogP contribution in [0.15, 0.2) is 24.3 Å². The predicted octanol–water partition coefficient (Wildman–Crippen LogP) is 2.77. The van der Waals surface area contributed by atoms with Gasteiger partial charge in [-0.2, -0.15) is 0 Å². The minimum absolute atomic E-state index is 0.312. The summed E-state index contributed by atoms with van der Waals surface area (Å²) in [6.07, 6.45) is 0.0322. The standard InChI is InChI=1S/C17H24N2O5/c1-6-11-19(16(22)24-17(2,3)4)18-14(20)12-7-9-13(10-8-12)15(21)23-5/h7-10H,6,11H2,1-5H3,(H,18,20). The summed E-state index contributed by atoms with van der Waals surface area (Å²) in [5.74, 6) is -0.950. The van der Waals surface area contributed by atoms with Crippen molar-refractivity contribution >= 4 is 18.0 Å². The van der Waals surface area contributed by atoms with E-state index in [4.69, 9.17) is 4.74 Å². The molecule has 24 heavy (non-hydrogen) atoms. The fourth-order valence-corrected chi connectivity index (χ4v) is 1.80. The van der Waals surface area contributed by atoms with Gasteiger partial charge in [0, 0.05) is 12.1 Å². The number of amides is 2. The SMILES string of the molecule is CCCN(NC(=O)c1ccc(C(=O)OC)cc1)C(=O)OC(C)(C)C. The molecule has 1 aromatic rings. The molecule has 1 rings (SSSR count). The summed E-state index contributed by atoms with van der Waals surface area (Å²) < 4.78 is 9.87. The average Bonchev–Trinajstić information content (AvgIpc) is 2.52. The highest BCUT2D eigenvalue weighted by Gasteiger charge is 2.23. The molecule has 7 heteroatoms. The van der Waals surface area contributed by atoms with Crippen molar-refractivity contribution in [3.8, 4) is 0 Å². The number of esters is 1. The van der Waals surface area contributed by atoms with Crippen LogP contribution in [-0.4, -0.2) is 42.2 Å². The fourth-order valence-electron chi connectivity index (χ4n) is 1.80. The van der Waals surface area contributed by atoms with Crippen LogP contribution >= 0.6 is 0 Å². The Morgan fingerprint density at radius 3 is 2.08 bits per heavy atom. The van der Waals surface area contributed by atoms with Crippen molar-refractivity contribution in [3.63, 3.8) is 0 Å². The van der Waals surface area contributed by atoms with Crippen molar-refractivity contribution < 1.29 is 23.9 Å². The van der Waals surface area contributed by atoms with Gasteiger partial charge in [-0.15, -0.1) is 0 Å². The molecule has 2 amide bonds. The number of nitrogens with zero attached hydrogens (tertiary/aromatic N) is 1. The highest BCUT2D eigenvalue weighted by molar-refractivity contribution is 5.96. The molecule has 0 aliphatic carbocycles. The topological polar surface area (TPSA) is 84.9 Å². The molecule has 1 aromatic carbocycles. The van der Waals surface area contributed by atoms with Crippen LogP contribution in [0.25, 0.3) is 0 Å². The summed E-state index contributed by atoms with van der Waals surface area (Å²) in [6.45, 7) is 7.46. The van der Waals surface area contributed by atoms with E-state index in [0.717, 1.165) is 5.01 Å². The van der Waals surface area contributed by atoms with E-state index in [-0.39, 0.29) is 0 Å². The lowest BCUT2D eigenvalue weighted by Crippen LogP contribution is -2.48. The maximum absolute atomic E-state index is 12.3. The van der Waals surface area contributed by atoms with E-state index in [0.29, 0.717) is 24.1 Å². The zero-order chi connectivity index (χ0) is 18.3. The smallest absolute Gasteiger partial charge is 0.429 e. The van der Waals surface area contributed by atoms with Gasteiger partial charge in [0.1, 0.15) is 5.60 Å². The third-order valence-corrected chi connectivity index (χ3v) is 2.87. The van der Waals surface area contributed by atoms with E-state index >= 15 is 0 Å². The van der Waals surface area contributed by atoms with Crippen LogP contribution in [-0.2, 0) is 9.47 Å². The second kappa shape index (κ2) is 8.33.